The molecular formula is C16H15N3. The maximum Gasteiger partial charge on any atom is 0.0733 e. The van der Waals surface area contributed by atoms with Gasteiger partial charge in [-0.1, -0.05) is 36.4 Å². The van der Waals surface area contributed by atoms with Crippen molar-refractivity contribution in [3.63, 3.8) is 0 Å². The number of benzene rings is 2. The molecule has 3 nitrogen and oxygen atoms in total. The SMILES string of the molecule is Nc1cccc(C(N)c2nccc3ccccc23)c1. The molecule has 1 heterocycles. The highest BCUT2D eigenvalue weighted by Crippen LogP contribution is 2.26. The van der Waals surface area contributed by atoms with E-state index in [2.05, 4.69) is 11.1 Å². The summed E-state index contributed by atoms with van der Waals surface area (Å²) < 4.78 is 0. The Bertz CT molecular complexity index is 717. The number of anilines is 1. The predicted molar refractivity (Wildman–Crippen MR) is 78.6 cm³/mol. The number of rotatable bonds is 2. The second-order valence-electron chi connectivity index (χ2n) is 4.57. The maximum atomic E-state index is 6.33. The van der Waals surface area contributed by atoms with Crippen LogP contribution < -0.4 is 11.5 Å². The quantitative estimate of drug-likeness (QED) is 0.686. The van der Waals surface area contributed by atoms with Gasteiger partial charge in [-0.15, -0.1) is 0 Å². The summed E-state index contributed by atoms with van der Waals surface area (Å²) in [4.78, 5) is 4.45. The summed E-state index contributed by atoms with van der Waals surface area (Å²) in [5.41, 5.74) is 14.7. The fourth-order valence-corrected chi connectivity index (χ4v) is 2.30. The summed E-state index contributed by atoms with van der Waals surface area (Å²) in [5.74, 6) is 0. The molecule has 0 aliphatic carbocycles. The van der Waals surface area contributed by atoms with Gasteiger partial charge < -0.3 is 11.5 Å². The van der Waals surface area contributed by atoms with Crippen LogP contribution in [-0.4, -0.2) is 4.98 Å². The Kier molecular flexibility index (Phi) is 2.89. The van der Waals surface area contributed by atoms with Crippen molar-refractivity contribution in [2.75, 3.05) is 5.73 Å². The average Bonchev–Trinajstić information content (AvgIpc) is 2.46. The third-order valence-electron chi connectivity index (χ3n) is 3.27. The van der Waals surface area contributed by atoms with E-state index in [9.17, 15) is 0 Å². The lowest BCUT2D eigenvalue weighted by Crippen LogP contribution is -2.14. The van der Waals surface area contributed by atoms with Gasteiger partial charge in [0, 0.05) is 17.3 Å². The van der Waals surface area contributed by atoms with Gasteiger partial charge in [0.1, 0.15) is 0 Å². The Balaban J connectivity index is 2.14. The van der Waals surface area contributed by atoms with Crippen molar-refractivity contribution in [2.45, 2.75) is 6.04 Å². The lowest BCUT2D eigenvalue weighted by atomic mass is 9.99. The van der Waals surface area contributed by atoms with Crippen molar-refractivity contribution in [2.24, 2.45) is 5.73 Å². The molecule has 0 saturated heterocycles. The fourth-order valence-electron chi connectivity index (χ4n) is 2.30. The molecule has 0 radical (unpaired) electrons. The number of nitrogen functional groups attached to an aromatic ring is 1. The van der Waals surface area contributed by atoms with Gasteiger partial charge in [0.2, 0.25) is 0 Å². The van der Waals surface area contributed by atoms with Crippen LogP contribution in [0.3, 0.4) is 0 Å². The van der Waals surface area contributed by atoms with Crippen LogP contribution in [0.15, 0.2) is 60.8 Å². The minimum Gasteiger partial charge on any atom is -0.399 e. The van der Waals surface area contributed by atoms with Crippen LogP contribution in [0.1, 0.15) is 17.3 Å². The van der Waals surface area contributed by atoms with E-state index < -0.39 is 0 Å². The van der Waals surface area contributed by atoms with Crippen LogP contribution in [0, 0.1) is 0 Å². The number of nitrogens with two attached hydrogens (primary N) is 2. The normalized spacial score (nSPS) is 12.5. The monoisotopic (exact) mass is 249 g/mol. The molecule has 0 aliphatic heterocycles. The Morgan fingerprint density at radius 3 is 2.63 bits per heavy atom. The molecule has 0 amide bonds. The first-order valence-electron chi connectivity index (χ1n) is 6.20. The van der Waals surface area contributed by atoms with Gasteiger partial charge in [-0.3, -0.25) is 4.98 Å². The van der Waals surface area contributed by atoms with E-state index in [0.717, 1.165) is 22.0 Å². The third kappa shape index (κ3) is 2.16. The van der Waals surface area contributed by atoms with Gasteiger partial charge in [-0.2, -0.15) is 0 Å². The summed E-state index contributed by atoms with van der Waals surface area (Å²) in [6, 6.07) is 17.5. The molecule has 0 spiro atoms. The summed E-state index contributed by atoms with van der Waals surface area (Å²) in [5, 5.41) is 2.23. The number of fused-ring (bicyclic) bond motifs is 1. The molecule has 4 N–H and O–H groups in total. The Morgan fingerprint density at radius 1 is 0.947 bits per heavy atom. The van der Waals surface area contributed by atoms with E-state index in [4.69, 9.17) is 11.5 Å². The van der Waals surface area contributed by atoms with Gasteiger partial charge in [0.15, 0.2) is 0 Å². The number of aromatic nitrogens is 1. The highest BCUT2D eigenvalue weighted by molar-refractivity contribution is 5.85. The van der Waals surface area contributed by atoms with Crippen molar-refractivity contribution >= 4 is 16.5 Å². The highest BCUT2D eigenvalue weighted by Gasteiger charge is 2.13. The average molecular weight is 249 g/mol. The molecule has 3 aromatic rings. The van der Waals surface area contributed by atoms with E-state index in [1.807, 2.05) is 48.5 Å². The smallest absolute Gasteiger partial charge is 0.0733 e. The number of nitrogens with zero attached hydrogens (tertiary/aromatic N) is 1. The summed E-state index contributed by atoms with van der Waals surface area (Å²) in [6.07, 6.45) is 1.80. The Labute approximate surface area is 111 Å². The van der Waals surface area contributed by atoms with Crippen LogP contribution in [0.25, 0.3) is 10.8 Å². The van der Waals surface area contributed by atoms with Crippen molar-refractivity contribution in [1.82, 2.24) is 4.98 Å². The topological polar surface area (TPSA) is 64.9 Å². The zero-order valence-corrected chi connectivity index (χ0v) is 10.5. The van der Waals surface area contributed by atoms with E-state index in [1.165, 1.54) is 0 Å². The maximum absolute atomic E-state index is 6.33. The molecule has 3 heteroatoms. The van der Waals surface area contributed by atoms with E-state index >= 15 is 0 Å². The standard InChI is InChI=1S/C16H15N3/c17-13-6-3-5-12(10-13)15(18)16-14-7-2-1-4-11(14)8-9-19-16/h1-10,15H,17-18H2. The van der Waals surface area contributed by atoms with Crippen LogP contribution in [0.2, 0.25) is 0 Å². The molecular weight excluding hydrogens is 234 g/mol. The lowest BCUT2D eigenvalue weighted by Gasteiger charge is -2.14. The Morgan fingerprint density at radius 2 is 1.79 bits per heavy atom. The second-order valence-corrected chi connectivity index (χ2v) is 4.57. The van der Waals surface area contributed by atoms with Crippen molar-refractivity contribution in [1.29, 1.82) is 0 Å². The zero-order valence-electron chi connectivity index (χ0n) is 10.5. The first kappa shape index (κ1) is 11.7. The van der Waals surface area contributed by atoms with Crippen molar-refractivity contribution in [3.05, 3.63) is 72.1 Å². The molecule has 94 valence electrons. The number of hydrogen-bond donors (Lipinski definition) is 2. The summed E-state index contributed by atoms with van der Waals surface area (Å²) in [6.45, 7) is 0. The summed E-state index contributed by atoms with van der Waals surface area (Å²) in [7, 11) is 0. The lowest BCUT2D eigenvalue weighted by molar-refractivity contribution is 0.841. The van der Waals surface area contributed by atoms with E-state index in [1.54, 1.807) is 6.20 Å². The predicted octanol–water partition coefficient (Wildman–Crippen LogP) is 2.87. The third-order valence-corrected chi connectivity index (χ3v) is 3.27. The van der Waals surface area contributed by atoms with Gasteiger partial charge in [-0.05, 0) is 29.1 Å². The van der Waals surface area contributed by atoms with Gasteiger partial charge in [0.05, 0.1) is 11.7 Å². The van der Waals surface area contributed by atoms with Crippen LogP contribution in [0.4, 0.5) is 5.69 Å². The van der Waals surface area contributed by atoms with Crippen molar-refractivity contribution in [3.8, 4) is 0 Å². The minimum atomic E-state index is -0.269. The first-order valence-corrected chi connectivity index (χ1v) is 6.20. The summed E-state index contributed by atoms with van der Waals surface area (Å²) >= 11 is 0. The van der Waals surface area contributed by atoms with E-state index in [-0.39, 0.29) is 6.04 Å². The molecule has 3 rings (SSSR count). The Hall–Kier alpha value is -2.39. The molecule has 0 saturated carbocycles. The highest BCUT2D eigenvalue weighted by atomic mass is 14.8. The fraction of sp³-hybridized carbons (Fsp3) is 0.0625. The van der Waals surface area contributed by atoms with Crippen LogP contribution in [-0.2, 0) is 0 Å². The molecule has 2 aromatic carbocycles. The number of hydrogen-bond acceptors (Lipinski definition) is 3. The van der Waals surface area contributed by atoms with Gasteiger partial charge in [-0.25, -0.2) is 0 Å². The zero-order chi connectivity index (χ0) is 13.2. The van der Waals surface area contributed by atoms with Crippen LogP contribution in [0.5, 0.6) is 0 Å². The van der Waals surface area contributed by atoms with E-state index in [0.29, 0.717) is 5.69 Å². The van der Waals surface area contributed by atoms with Crippen molar-refractivity contribution < 1.29 is 0 Å². The molecule has 0 aliphatic rings. The van der Waals surface area contributed by atoms with Gasteiger partial charge >= 0.3 is 0 Å². The van der Waals surface area contributed by atoms with Crippen LogP contribution >= 0.6 is 0 Å². The molecule has 19 heavy (non-hydrogen) atoms. The molecule has 0 fully saturated rings. The molecule has 1 atom stereocenters. The number of pyridine rings is 1. The molecule has 0 bridgehead atoms. The minimum absolute atomic E-state index is 0.269. The second kappa shape index (κ2) is 4.71. The first-order chi connectivity index (χ1) is 9.25. The largest absolute Gasteiger partial charge is 0.399 e. The molecule has 1 aromatic heterocycles. The molecule has 1 unspecified atom stereocenters. The van der Waals surface area contributed by atoms with Gasteiger partial charge in [0.25, 0.3) is 0 Å².